The quantitative estimate of drug-likeness (QED) is 0.876. The van der Waals surface area contributed by atoms with Gasteiger partial charge in [0.1, 0.15) is 11.4 Å². The first-order chi connectivity index (χ1) is 8.70. The summed E-state index contributed by atoms with van der Waals surface area (Å²) in [6.07, 6.45) is 4.81. The molecule has 2 N–H and O–H groups in total. The van der Waals surface area contributed by atoms with Crippen molar-refractivity contribution in [1.82, 2.24) is 15.3 Å². The third-order valence-corrected chi connectivity index (χ3v) is 3.08. The van der Waals surface area contributed by atoms with Crippen LogP contribution >= 0.6 is 11.3 Å². The summed E-state index contributed by atoms with van der Waals surface area (Å²) in [5, 5.41) is 4.34. The number of rotatable bonds is 3. The molecule has 0 saturated carbocycles. The van der Waals surface area contributed by atoms with Gasteiger partial charge in [-0.2, -0.15) is 0 Å². The number of carbonyl (C=O) groups is 1. The van der Waals surface area contributed by atoms with Crippen LogP contribution < -0.4 is 10.9 Å². The van der Waals surface area contributed by atoms with Crippen molar-refractivity contribution in [2.45, 2.75) is 0 Å². The number of aromatic amines is 1. The van der Waals surface area contributed by atoms with Gasteiger partial charge in [-0.25, -0.2) is 4.98 Å². The van der Waals surface area contributed by atoms with Crippen LogP contribution in [0, 0.1) is 0 Å². The maximum Gasteiger partial charge on any atom is 0.263 e. The van der Waals surface area contributed by atoms with Crippen LogP contribution in [0.2, 0.25) is 0 Å². The van der Waals surface area contributed by atoms with Crippen LogP contribution in [0.1, 0.15) is 21.1 Å². The molecule has 1 amide bonds. The van der Waals surface area contributed by atoms with Crippen molar-refractivity contribution in [3.05, 3.63) is 50.3 Å². The third kappa shape index (κ3) is 2.72. The van der Waals surface area contributed by atoms with Gasteiger partial charge in [0.25, 0.3) is 11.5 Å². The molecule has 2 aromatic rings. The van der Waals surface area contributed by atoms with E-state index in [0.29, 0.717) is 5.82 Å². The SMILES string of the molecule is CNC(=O)c1cnc(/C=C/c2cccs2)[nH]c1=O. The molecule has 6 heteroatoms. The number of H-pyrrole nitrogens is 1. The fraction of sp³-hybridized carbons (Fsp3) is 0.0833. The molecule has 0 radical (unpaired) electrons. The molecular formula is C12H11N3O2S. The minimum atomic E-state index is -0.449. The molecule has 0 aliphatic heterocycles. The van der Waals surface area contributed by atoms with E-state index in [2.05, 4.69) is 15.3 Å². The van der Waals surface area contributed by atoms with Gasteiger partial charge in [0.15, 0.2) is 0 Å². The van der Waals surface area contributed by atoms with E-state index in [9.17, 15) is 9.59 Å². The fourth-order valence-corrected chi connectivity index (χ4v) is 1.95. The van der Waals surface area contributed by atoms with Crippen LogP contribution in [0.4, 0.5) is 0 Å². The molecule has 92 valence electrons. The predicted molar refractivity (Wildman–Crippen MR) is 71.5 cm³/mol. The molecule has 5 nitrogen and oxygen atoms in total. The van der Waals surface area contributed by atoms with E-state index in [1.54, 1.807) is 17.4 Å². The number of nitrogens with one attached hydrogen (secondary N) is 2. The van der Waals surface area contributed by atoms with E-state index >= 15 is 0 Å². The Morgan fingerprint density at radius 2 is 2.33 bits per heavy atom. The van der Waals surface area contributed by atoms with E-state index in [4.69, 9.17) is 0 Å². The summed E-state index contributed by atoms with van der Waals surface area (Å²) in [5.74, 6) is -0.0291. The number of amides is 1. The summed E-state index contributed by atoms with van der Waals surface area (Å²) >= 11 is 1.59. The number of aromatic nitrogens is 2. The molecule has 0 spiro atoms. The Balaban J connectivity index is 2.24. The first-order valence-electron chi connectivity index (χ1n) is 5.23. The number of carbonyl (C=O) groups excluding carboxylic acids is 1. The zero-order chi connectivity index (χ0) is 13.0. The largest absolute Gasteiger partial charge is 0.355 e. The maximum atomic E-state index is 11.6. The van der Waals surface area contributed by atoms with Crippen molar-refractivity contribution in [3.63, 3.8) is 0 Å². The number of hydrogen-bond acceptors (Lipinski definition) is 4. The highest BCUT2D eigenvalue weighted by Crippen LogP contribution is 2.11. The van der Waals surface area contributed by atoms with Gasteiger partial charge >= 0.3 is 0 Å². The highest BCUT2D eigenvalue weighted by atomic mass is 32.1. The Labute approximate surface area is 107 Å². The summed E-state index contributed by atoms with van der Waals surface area (Å²) in [6, 6.07) is 3.90. The Hall–Kier alpha value is -2.21. The van der Waals surface area contributed by atoms with Crippen molar-refractivity contribution >= 4 is 29.4 Å². The van der Waals surface area contributed by atoms with Gasteiger partial charge in [-0.1, -0.05) is 6.07 Å². The maximum absolute atomic E-state index is 11.6. The van der Waals surface area contributed by atoms with Crippen molar-refractivity contribution in [3.8, 4) is 0 Å². The molecule has 0 atom stereocenters. The smallest absolute Gasteiger partial charge is 0.263 e. The molecule has 0 unspecified atom stereocenters. The second-order valence-electron chi connectivity index (χ2n) is 3.44. The summed E-state index contributed by atoms with van der Waals surface area (Å²) in [7, 11) is 1.46. The van der Waals surface area contributed by atoms with E-state index < -0.39 is 11.5 Å². The topological polar surface area (TPSA) is 74.8 Å². The lowest BCUT2D eigenvalue weighted by molar-refractivity contribution is 0.0961. The summed E-state index contributed by atoms with van der Waals surface area (Å²) < 4.78 is 0. The lowest BCUT2D eigenvalue weighted by Crippen LogP contribution is -2.27. The van der Waals surface area contributed by atoms with E-state index in [0.717, 1.165) is 4.88 Å². The summed E-state index contributed by atoms with van der Waals surface area (Å²) in [4.78, 5) is 30.5. The van der Waals surface area contributed by atoms with E-state index in [1.807, 2.05) is 23.6 Å². The average molecular weight is 261 g/mol. The first kappa shape index (κ1) is 12.3. The zero-order valence-electron chi connectivity index (χ0n) is 9.64. The lowest BCUT2D eigenvalue weighted by Gasteiger charge is -1.98. The second-order valence-corrected chi connectivity index (χ2v) is 4.42. The molecule has 0 fully saturated rings. The van der Waals surface area contributed by atoms with Gasteiger partial charge in [0.2, 0.25) is 0 Å². The Bertz CT molecular complexity index is 629. The molecule has 18 heavy (non-hydrogen) atoms. The molecule has 0 saturated heterocycles. The second kappa shape index (κ2) is 5.42. The third-order valence-electron chi connectivity index (χ3n) is 2.24. The van der Waals surface area contributed by atoms with Gasteiger partial charge < -0.3 is 10.3 Å². The highest BCUT2D eigenvalue weighted by Gasteiger charge is 2.08. The molecule has 0 aliphatic carbocycles. The summed E-state index contributed by atoms with van der Waals surface area (Å²) in [6.45, 7) is 0. The van der Waals surface area contributed by atoms with Gasteiger partial charge in [0.05, 0.1) is 0 Å². The van der Waals surface area contributed by atoms with Crippen LogP contribution in [-0.2, 0) is 0 Å². The Morgan fingerprint density at radius 3 is 2.94 bits per heavy atom. The molecular weight excluding hydrogens is 250 g/mol. The van der Waals surface area contributed by atoms with Crippen LogP contribution in [0.25, 0.3) is 12.2 Å². The minimum Gasteiger partial charge on any atom is -0.355 e. The average Bonchev–Trinajstić information content (AvgIpc) is 2.88. The molecule has 2 rings (SSSR count). The van der Waals surface area contributed by atoms with Crippen LogP contribution in [0.5, 0.6) is 0 Å². The van der Waals surface area contributed by atoms with Gasteiger partial charge in [0, 0.05) is 18.1 Å². The number of hydrogen-bond donors (Lipinski definition) is 2. The first-order valence-corrected chi connectivity index (χ1v) is 6.11. The van der Waals surface area contributed by atoms with Crippen molar-refractivity contribution in [2.75, 3.05) is 7.05 Å². The molecule has 2 heterocycles. The lowest BCUT2D eigenvalue weighted by atomic mass is 10.3. The normalized spacial score (nSPS) is 10.7. The predicted octanol–water partition coefficient (Wildman–Crippen LogP) is 1.36. The van der Waals surface area contributed by atoms with E-state index in [1.165, 1.54) is 13.2 Å². The van der Waals surface area contributed by atoms with Crippen LogP contribution in [0.3, 0.4) is 0 Å². The highest BCUT2D eigenvalue weighted by molar-refractivity contribution is 7.10. The van der Waals surface area contributed by atoms with Crippen LogP contribution in [0.15, 0.2) is 28.5 Å². The molecule has 2 aromatic heterocycles. The summed E-state index contributed by atoms with van der Waals surface area (Å²) in [5.41, 5.74) is -0.444. The zero-order valence-corrected chi connectivity index (χ0v) is 10.5. The number of thiophene rings is 1. The van der Waals surface area contributed by atoms with Crippen molar-refractivity contribution < 1.29 is 4.79 Å². The standard InChI is InChI=1S/C12H11N3O2S/c1-13-11(16)9-7-14-10(15-12(9)17)5-4-8-3-2-6-18-8/h2-7H,1H3,(H,13,16)(H,14,15,17)/b5-4+. The van der Waals surface area contributed by atoms with Gasteiger partial charge in [-0.15, -0.1) is 11.3 Å². The Kier molecular flexibility index (Phi) is 3.69. The monoisotopic (exact) mass is 261 g/mol. The molecule has 0 aromatic carbocycles. The molecule has 0 bridgehead atoms. The van der Waals surface area contributed by atoms with Crippen LogP contribution in [-0.4, -0.2) is 22.9 Å². The van der Waals surface area contributed by atoms with Gasteiger partial charge in [-0.3, -0.25) is 9.59 Å². The number of nitrogens with zero attached hydrogens (tertiary/aromatic N) is 1. The Morgan fingerprint density at radius 1 is 1.50 bits per heavy atom. The van der Waals surface area contributed by atoms with Crippen molar-refractivity contribution in [1.29, 1.82) is 0 Å². The molecule has 0 aliphatic rings. The van der Waals surface area contributed by atoms with Crippen molar-refractivity contribution in [2.24, 2.45) is 0 Å². The van der Waals surface area contributed by atoms with E-state index in [-0.39, 0.29) is 5.56 Å². The fourth-order valence-electron chi connectivity index (χ4n) is 1.34. The van der Waals surface area contributed by atoms with Gasteiger partial charge in [-0.05, 0) is 23.6 Å². The minimum absolute atomic E-state index is 0.00535.